The number of rotatable bonds is 4. The number of quaternary nitrogens is 1. The van der Waals surface area contributed by atoms with E-state index in [2.05, 4.69) is 19.1 Å². The van der Waals surface area contributed by atoms with Gasteiger partial charge in [-0.1, -0.05) is 6.92 Å². The summed E-state index contributed by atoms with van der Waals surface area (Å²) in [6.45, 7) is 7.14. The third kappa shape index (κ3) is 3.29. The summed E-state index contributed by atoms with van der Waals surface area (Å²) in [5, 5.41) is 0. The topological polar surface area (TPSA) is 43.2 Å². The summed E-state index contributed by atoms with van der Waals surface area (Å²) in [7, 11) is 0. The van der Waals surface area contributed by atoms with Crippen LogP contribution in [0.1, 0.15) is 25.3 Å². The van der Waals surface area contributed by atoms with Crippen LogP contribution in [-0.4, -0.2) is 43.8 Å². The van der Waals surface area contributed by atoms with Crippen molar-refractivity contribution in [1.29, 1.82) is 0 Å². The van der Waals surface area contributed by atoms with E-state index in [0.29, 0.717) is 19.1 Å². The van der Waals surface area contributed by atoms with Gasteiger partial charge in [0.2, 0.25) is 12.7 Å². The van der Waals surface area contributed by atoms with Crippen LogP contribution in [0, 0.1) is 0 Å². The van der Waals surface area contributed by atoms with E-state index in [1.807, 2.05) is 11.0 Å². The summed E-state index contributed by atoms with van der Waals surface area (Å²) in [6.07, 6.45) is 1.61. The van der Waals surface area contributed by atoms with Gasteiger partial charge in [0.25, 0.3) is 0 Å². The minimum atomic E-state index is 0.305. The van der Waals surface area contributed by atoms with Gasteiger partial charge in [0.05, 0.1) is 26.2 Å². The number of piperazine rings is 1. The number of hydrogen-bond donors (Lipinski definition) is 1. The lowest BCUT2D eigenvalue weighted by molar-refractivity contribution is -0.917. The molecule has 5 heteroatoms. The molecule has 1 amide bonds. The average Bonchev–Trinajstić information content (AvgIpc) is 2.96. The molecule has 1 aromatic carbocycles. The predicted molar refractivity (Wildman–Crippen MR) is 78.5 cm³/mol. The third-order valence-corrected chi connectivity index (χ3v) is 4.18. The molecule has 3 rings (SSSR count). The van der Waals surface area contributed by atoms with Gasteiger partial charge in [-0.05, 0) is 24.6 Å². The molecule has 0 unspecified atom stereocenters. The molecule has 0 saturated carbocycles. The molecule has 0 bridgehead atoms. The van der Waals surface area contributed by atoms with Crippen LogP contribution in [0.5, 0.6) is 11.5 Å². The Morgan fingerprint density at radius 3 is 2.76 bits per heavy atom. The van der Waals surface area contributed by atoms with Crippen molar-refractivity contribution < 1.29 is 19.2 Å². The molecule has 0 spiro atoms. The number of fused-ring (bicyclic) bond motifs is 1. The quantitative estimate of drug-likeness (QED) is 0.875. The van der Waals surface area contributed by atoms with Crippen molar-refractivity contribution in [2.75, 3.05) is 33.0 Å². The lowest BCUT2D eigenvalue weighted by Crippen LogP contribution is -3.13. The van der Waals surface area contributed by atoms with Crippen molar-refractivity contribution in [3.63, 3.8) is 0 Å². The monoisotopic (exact) mass is 291 g/mol. The van der Waals surface area contributed by atoms with Gasteiger partial charge in [0, 0.05) is 12.0 Å². The van der Waals surface area contributed by atoms with Gasteiger partial charge in [-0.15, -0.1) is 0 Å². The Balaban J connectivity index is 1.52. The summed E-state index contributed by atoms with van der Waals surface area (Å²) >= 11 is 0. The molecule has 5 nitrogen and oxygen atoms in total. The first-order valence-corrected chi connectivity index (χ1v) is 7.76. The molecular formula is C16H23N2O3+. The Morgan fingerprint density at radius 1 is 1.24 bits per heavy atom. The first-order chi connectivity index (χ1) is 10.3. The molecule has 0 aliphatic carbocycles. The van der Waals surface area contributed by atoms with Gasteiger partial charge in [-0.3, -0.25) is 4.79 Å². The largest absolute Gasteiger partial charge is 0.454 e. The number of amides is 1. The molecule has 2 aliphatic rings. The van der Waals surface area contributed by atoms with Gasteiger partial charge >= 0.3 is 0 Å². The van der Waals surface area contributed by atoms with Gasteiger partial charge in [-0.25, -0.2) is 0 Å². The van der Waals surface area contributed by atoms with Crippen molar-refractivity contribution in [3.05, 3.63) is 23.8 Å². The van der Waals surface area contributed by atoms with Crippen LogP contribution in [0.3, 0.4) is 0 Å². The lowest BCUT2D eigenvalue weighted by Gasteiger charge is -2.32. The van der Waals surface area contributed by atoms with E-state index in [9.17, 15) is 4.79 Å². The maximum atomic E-state index is 11.9. The summed E-state index contributed by atoms with van der Waals surface area (Å²) in [5.74, 6) is 1.99. The Labute approximate surface area is 125 Å². The predicted octanol–water partition coefficient (Wildman–Crippen LogP) is 0.443. The van der Waals surface area contributed by atoms with Gasteiger partial charge in [0.15, 0.2) is 11.5 Å². The van der Waals surface area contributed by atoms with E-state index in [0.717, 1.165) is 50.6 Å². The first kappa shape index (κ1) is 14.2. The zero-order valence-corrected chi connectivity index (χ0v) is 12.6. The fourth-order valence-electron chi connectivity index (χ4n) is 2.96. The highest BCUT2D eigenvalue weighted by Crippen LogP contribution is 2.32. The van der Waals surface area contributed by atoms with Gasteiger partial charge < -0.3 is 19.3 Å². The molecule has 0 aromatic heterocycles. The van der Waals surface area contributed by atoms with Crippen LogP contribution < -0.4 is 14.4 Å². The Morgan fingerprint density at radius 2 is 2.00 bits per heavy atom. The van der Waals surface area contributed by atoms with E-state index in [1.165, 1.54) is 10.5 Å². The first-order valence-electron chi connectivity index (χ1n) is 7.76. The molecular weight excluding hydrogens is 268 g/mol. The Kier molecular flexibility index (Phi) is 4.29. The molecule has 2 heterocycles. The Bertz CT molecular complexity index is 510. The summed E-state index contributed by atoms with van der Waals surface area (Å²) in [4.78, 5) is 15.4. The van der Waals surface area contributed by atoms with Crippen LogP contribution in [-0.2, 0) is 11.3 Å². The minimum absolute atomic E-state index is 0.305. The molecule has 1 saturated heterocycles. The van der Waals surface area contributed by atoms with E-state index >= 15 is 0 Å². The molecule has 0 atom stereocenters. The van der Waals surface area contributed by atoms with E-state index in [-0.39, 0.29) is 0 Å². The smallest absolute Gasteiger partial charge is 0.231 e. The lowest BCUT2D eigenvalue weighted by atomic mass is 10.1. The SMILES string of the molecule is CCCC(=O)N1CC[NH+](Cc2ccc3c(c2)OCO3)CC1. The maximum Gasteiger partial charge on any atom is 0.231 e. The number of nitrogens with zero attached hydrogens (tertiary/aromatic N) is 1. The van der Waals surface area contributed by atoms with Crippen molar-refractivity contribution in [3.8, 4) is 11.5 Å². The summed E-state index contributed by atoms with van der Waals surface area (Å²) < 4.78 is 10.8. The van der Waals surface area contributed by atoms with Crippen molar-refractivity contribution in [2.24, 2.45) is 0 Å². The van der Waals surface area contributed by atoms with Crippen LogP contribution >= 0.6 is 0 Å². The number of hydrogen-bond acceptors (Lipinski definition) is 3. The number of carbonyl (C=O) groups excluding carboxylic acids is 1. The Hall–Kier alpha value is -1.75. The van der Waals surface area contributed by atoms with E-state index in [1.54, 1.807) is 0 Å². The molecule has 1 aromatic rings. The minimum Gasteiger partial charge on any atom is -0.454 e. The van der Waals surface area contributed by atoms with E-state index in [4.69, 9.17) is 9.47 Å². The summed E-state index contributed by atoms with van der Waals surface area (Å²) in [6, 6.07) is 6.16. The van der Waals surface area contributed by atoms with E-state index < -0.39 is 0 Å². The number of carbonyl (C=O) groups is 1. The second-order valence-electron chi connectivity index (χ2n) is 5.75. The third-order valence-electron chi connectivity index (χ3n) is 4.18. The zero-order valence-electron chi connectivity index (χ0n) is 12.6. The number of ether oxygens (including phenoxy) is 2. The zero-order chi connectivity index (χ0) is 14.7. The molecule has 114 valence electrons. The number of benzene rings is 1. The fourth-order valence-corrected chi connectivity index (χ4v) is 2.96. The highest BCUT2D eigenvalue weighted by Gasteiger charge is 2.23. The van der Waals surface area contributed by atoms with Crippen molar-refractivity contribution in [1.82, 2.24) is 4.90 Å². The van der Waals surface area contributed by atoms with Crippen molar-refractivity contribution >= 4 is 5.91 Å². The highest BCUT2D eigenvalue weighted by molar-refractivity contribution is 5.76. The second-order valence-corrected chi connectivity index (χ2v) is 5.75. The molecule has 2 aliphatic heterocycles. The van der Waals surface area contributed by atoms with Gasteiger partial charge in [0.1, 0.15) is 6.54 Å². The second kappa shape index (κ2) is 6.35. The maximum absolute atomic E-state index is 11.9. The van der Waals surface area contributed by atoms with Crippen LogP contribution in [0.25, 0.3) is 0 Å². The normalized spacial score (nSPS) is 18.0. The highest BCUT2D eigenvalue weighted by atomic mass is 16.7. The molecule has 0 radical (unpaired) electrons. The van der Waals surface area contributed by atoms with Crippen molar-refractivity contribution in [2.45, 2.75) is 26.3 Å². The van der Waals surface area contributed by atoms with Crippen LogP contribution in [0.2, 0.25) is 0 Å². The molecule has 1 N–H and O–H groups in total. The fraction of sp³-hybridized carbons (Fsp3) is 0.562. The van der Waals surface area contributed by atoms with Crippen LogP contribution in [0.4, 0.5) is 0 Å². The van der Waals surface area contributed by atoms with Gasteiger partial charge in [-0.2, -0.15) is 0 Å². The molecule has 21 heavy (non-hydrogen) atoms. The molecule has 1 fully saturated rings. The summed E-state index contributed by atoms with van der Waals surface area (Å²) in [5.41, 5.74) is 1.27. The standard InChI is InChI=1S/C16H22N2O3/c1-2-3-16(19)18-8-6-17(7-9-18)11-13-4-5-14-15(10-13)21-12-20-14/h4-5,10H,2-3,6-9,11-12H2,1H3/p+1. The number of nitrogens with one attached hydrogen (secondary N) is 1. The average molecular weight is 291 g/mol. The van der Waals surface area contributed by atoms with Crippen LogP contribution in [0.15, 0.2) is 18.2 Å².